The third-order valence-corrected chi connectivity index (χ3v) is 16.1. The van der Waals surface area contributed by atoms with Crippen LogP contribution in [0.3, 0.4) is 0 Å². The van der Waals surface area contributed by atoms with Crippen LogP contribution in [0.25, 0.3) is 157 Å². The molecular weight excluding hydrogens is 871 g/mol. The summed E-state index contributed by atoms with van der Waals surface area (Å²) < 4.78 is 18.0. The Bertz CT molecular complexity index is 4870. The Morgan fingerprint density at radius 2 is 0.800 bits per heavy atom. The normalized spacial score (nSPS) is 12.3. The maximum Gasteiger partial charge on any atom is 0.138 e. The highest BCUT2D eigenvalue weighted by atomic mass is 32.1. The third kappa shape index (κ3) is 5.39. The quantitative estimate of drug-likeness (QED) is 0.165. The summed E-state index contributed by atoms with van der Waals surface area (Å²) in [4.78, 5) is 0. The molecule has 3 nitrogen and oxygen atoms in total. The maximum atomic E-state index is 6.82. The van der Waals surface area contributed by atoms with Crippen molar-refractivity contribution in [1.82, 2.24) is 4.57 Å². The predicted octanol–water partition coefficient (Wildman–Crippen LogP) is 19.4. The molecule has 0 atom stereocenters. The van der Waals surface area contributed by atoms with E-state index in [1.165, 1.54) is 80.0 Å². The largest absolute Gasteiger partial charge is 0.456 e. The van der Waals surface area contributed by atoms with Crippen LogP contribution in [0.15, 0.2) is 233 Å². The van der Waals surface area contributed by atoms with Gasteiger partial charge in [-0.3, -0.25) is 0 Å². The molecule has 0 radical (unpaired) electrons. The second kappa shape index (κ2) is 14.3. The molecule has 4 aromatic heterocycles. The van der Waals surface area contributed by atoms with Gasteiger partial charge < -0.3 is 13.4 Å². The molecule has 4 heteroatoms. The Balaban J connectivity index is 0.882. The number of fused-ring (bicyclic) bond motifs is 18. The van der Waals surface area contributed by atoms with Gasteiger partial charge in [0.1, 0.15) is 22.3 Å². The zero-order valence-corrected chi connectivity index (χ0v) is 38.4. The molecule has 0 aliphatic carbocycles. The van der Waals surface area contributed by atoms with Crippen molar-refractivity contribution < 1.29 is 8.83 Å². The van der Waals surface area contributed by atoms with E-state index in [2.05, 4.69) is 217 Å². The molecule has 0 saturated heterocycles. The van der Waals surface area contributed by atoms with E-state index < -0.39 is 0 Å². The summed E-state index contributed by atoms with van der Waals surface area (Å²) in [5.74, 6) is 0. The Morgan fingerprint density at radius 1 is 0.271 bits per heavy atom. The summed E-state index contributed by atoms with van der Waals surface area (Å²) in [6.07, 6.45) is 0. The van der Waals surface area contributed by atoms with Crippen molar-refractivity contribution in [3.8, 4) is 39.1 Å². The highest BCUT2D eigenvalue weighted by molar-refractivity contribution is 7.26. The van der Waals surface area contributed by atoms with Crippen molar-refractivity contribution >= 4 is 130 Å². The zero-order valence-electron chi connectivity index (χ0n) is 37.5. The van der Waals surface area contributed by atoms with Crippen molar-refractivity contribution in [1.29, 1.82) is 0 Å². The molecule has 0 spiro atoms. The summed E-state index contributed by atoms with van der Waals surface area (Å²) in [7, 11) is 0. The van der Waals surface area contributed by atoms with Crippen LogP contribution < -0.4 is 0 Å². The Labute approximate surface area is 404 Å². The minimum atomic E-state index is 0.868. The number of benzene rings is 12. The second-order valence-electron chi connectivity index (χ2n) is 18.7. The molecule has 0 aliphatic heterocycles. The summed E-state index contributed by atoms with van der Waals surface area (Å²) in [5.41, 5.74) is 14.0. The van der Waals surface area contributed by atoms with Crippen molar-refractivity contribution in [2.24, 2.45) is 0 Å². The van der Waals surface area contributed by atoms with Gasteiger partial charge in [-0.1, -0.05) is 152 Å². The van der Waals surface area contributed by atoms with Crippen LogP contribution >= 0.6 is 11.3 Å². The van der Waals surface area contributed by atoms with Crippen LogP contribution in [0.1, 0.15) is 0 Å². The lowest BCUT2D eigenvalue weighted by Crippen LogP contribution is -1.95. The molecular formula is C66H37NO2S. The lowest BCUT2D eigenvalue weighted by atomic mass is 9.91. The Hall–Kier alpha value is -8.96. The maximum absolute atomic E-state index is 6.82. The minimum absolute atomic E-state index is 0.868. The van der Waals surface area contributed by atoms with Gasteiger partial charge in [0.05, 0.1) is 16.7 Å². The van der Waals surface area contributed by atoms with Crippen LogP contribution in [0.4, 0.5) is 0 Å². The number of rotatable bonds is 4. The van der Waals surface area contributed by atoms with Crippen LogP contribution in [-0.4, -0.2) is 4.57 Å². The van der Waals surface area contributed by atoms with Gasteiger partial charge in [0.2, 0.25) is 0 Å². The number of furan rings is 2. The monoisotopic (exact) mass is 907 g/mol. The van der Waals surface area contributed by atoms with Gasteiger partial charge in [0.15, 0.2) is 0 Å². The van der Waals surface area contributed by atoms with Crippen molar-refractivity contribution in [3.63, 3.8) is 0 Å². The minimum Gasteiger partial charge on any atom is -0.456 e. The second-order valence-corrected chi connectivity index (χ2v) is 19.8. The number of thiophene rings is 1. The zero-order chi connectivity index (χ0) is 45.6. The fourth-order valence-corrected chi connectivity index (χ4v) is 13.0. The first-order valence-corrected chi connectivity index (χ1v) is 24.7. The molecule has 4 heterocycles. The molecule has 0 saturated carbocycles. The molecule has 16 aromatic rings. The van der Waals surface area contributed by atoms with Gasteiger partial charge in [-0.05, 0) is 132 Å². The molecule has 0 amide bonds. The summed E-state index contributed by atoms with van der Waals surface area (Å²) in [5, 5.41) is 17.2. The molecule has 16 rings (SSSR count). The first kappa shape index (κ1) is 38.1. The molecule has 0 N–H and O–H groups in total. The number of para-hydroxylation sites is 3. The SMILES string of the molecule is c1ccc2c(c1)oc1ccc(-c3ccc4c(c3)c3ccccc3n4-c3cc(-c4cccc5sc6cc(-c7ccc8c9ccccc9c9ccccc9c8c7)ccc6c45)c4c(c3)oc3ccccc34)cc12. The van der Waals surface area contributed by atoms with E-state index >= 15 is 0 Å². The van der Waals surface area contributed by atoms with Crippen molar-refractivity contribution in [2.75, 3.05) is 0 Å². The van der Waals surface area contributed by atoms with Gasteiger partial charge in [0.25, 0.3) is 0 Å². The number of hydrogen-bond acceptors (Lipinski definition) is 3. The summed E-state index contributed by atoms with van der Waals surface area (Å²) in [6, 6.07) is 82.1. The van der Waals surface area contributed by atoms with Crippen LogP contribution in [0, 0.1) is 0 Å². The van der Waals surface area contributed by atoms with E-state index in [0.29, 0.717) is 0 Å². The molecule has 70 heavy (non-hydrogen) atoms. The van der Waals surface area contributed by atoms with Crippen LogP contribution in [0.5, 0.6) is 0 Å². The summed E-state index contributed by atoms with van der Waals surface area (Å²) in [6.45, 7) is 0. The topological polar surface area (TPSA) is 31.2 Å². The lowest BCUT2D eigenvalue weighted by molar-refractivity contribution is 0.668. The van der Waals surface area contributed by atoms with Crippen molar-refractivity contribution in [2.45, 2.75) is 0 Å². The van der Waals surface area contributed by atoms with Gasteiger partial charge in [-0.2, -0.15) is 0 Å². The number of nitrogens with zero attached hydrogens (tertiary/aromatic N) is 1. The molecule has 0 aliphatic rings. The summed E-state index contributed by atoms with van der Waals surface area (Å²) >= 11 is 1.87. The molecule has 0 unspecified atom stereocenters. The highest BCUT2D eigenvalue weighted by Crippen LogP contribution is 2.47. The van der Waals surface area contributed by atoms with Crippen molar-refractivity contribution in [3.05, 3.63) is 224 Å². The highest BCUT2D eigenvalue weighted by Gasteiger charge is 2.22. The average Bonchev–Trinajstić information content (AvgIpc) is 4.19. The van der Waals surface area contributed by atoms with Gasteiger partial charge in [-0.25, -0.2) is 0 Å². The predicted molar refractivity (Wildman–Crippen MR) is 297 cm³/mol. The van der Waals surface area contributed by atoms with Crippen LogP contribution in [-0.2, 0) is 0 Å². The van der Waals surface area contributed by atoms with E-state index in [1.807, 2.05) is 23.5 Å². The van der Waals surface area contributed by atoms with E-state index in [0.717, 1.165) is 77.3 Å². The van der Waals surface area contributed by atoms with E-state index in [1.54, 1.807) is 0 Å². The third-order valence-electron chi connectivity index (χ3n) is 15.0. The number of hydrogen-bond donors (Lipinski definition) is 0. The molecule has 324 valence electrons. The van der Waals surface area contributed by atoms with Gasteiger partial charge >= 0.3 is 0 Å². The fraction of sp³-hybridized carbons (Fsp3) is 0. The van der Waals surface area contributed by atoms with E-state index in [4.69, 9.17) is 8.83 Å². The Kier molecular flexibility index (Phi) is 7.77. The fourth-order valence-electron chi connectivity index (χ4n) is 11.8. The standard InChI is InChI=1S/C66H37NO2S/c1-2-14-45-43(12-1)44-13-3-4-15-46(44)53-32-38(24-28-47(45)53)41-25-29-52-64(35-41)70-63-23-11-19-50(66(52)63)56-36-42(37-62-65(56)51-18-7-10-22-60(51)69-62)67-57-20-8-5-16-48(57)54-33-39(26-30-58(54)67)40-27-31-61-55(34-40)49-17-6-9-21-59(49)68-61/h1-37H. The average molecular weight is 908 g/mol. The molecule has 0 fully saturated rings. The molecule has 12 aromatic carbocycles. The number of aromatic nitrogens is 1. The Morgan fingerprint density at radius 3 is 1.57 bits per heavy atom. The lowest BCUT2D eigenvalue weighted by Gasteiger charge is -2.13. The van der Waals surface area contributed by atoms with E-state index in [-0.39, 0.29) is 0 Å². The van der Waals surface area contributed by atoms with Crippen LogP contribution in [0.2, 0.25) is 0 Å². The van der Waals surface area contributed by atoms with E-state index in [9.17, 15) is 0 Å². The van der Waals surface area contributed by atoms with Gasteiger partial charge in [0, 0.05) is 58.6 Å². The first-order chi connectivity index (χ1) is 34.7. The van der Waals surface area contributed by atoms with Gasteiger partial charge in [-0.15, -0.1) is 11.3 Å². The first-order valence-electron chi connectivity index (χ1n) is 23.9. The molecule has 0 bridgehead atoms. The smallest absolute Gasteiger partial charge is 0.138 e.